The van der Waals surface area contributed by atoms with Crippen LogP contribution in [-0.2, 0) is 87.1 Å². The van der Waals surface area contributed by atoms with E-state index in [0.29, 0.717) is 55.1 Å². The Kier molecular flexibility index (Phi) is 21.2. The molecular formula is C36H48N8O39P6. The van der Waals surface area contributed by atoms with Crippen molar-refractivity contribution in [3.63, 3.8) is 0 Å². The van der Waals surface area contributed by atoms with E-state index in [0.717, 1.165) is 12.3 Å². The topological polar surface area (TPSA) is 685 Å². The fraction of sp³-hybridized carbons (Fsp3) is 0.556. The smallest absolute Gasteiger partial charge is 0.394 e. The Hall–Kier alpha value is -4.90. The SMILES string of the molecule is O=c1ccn([C@@H]2O[C@H](COP(=O)(O)O[C@H]3[C@@H](OP(=O)(O)O)[C@H](n4ccc(=O)[nH]c4=O)O[C@@H]3COP(=O)(O)O[C@H]3[C@@H](OP(=O)(O)O)[C@H](n4ccc(=O)[nH]c4=O)O[C@@H]3COP(=O)(O)O[C@H]3[C@@H](OP(=O)(O)O)[C@H](n4ccc(=O)[nH]c4=O)O[C@@H]3CO)[C@@H](O)[C@H]2O)c(=O)[nH]1. The van der Waals surface area contributed by atoms with Crippen molar-refractivity contribution in [2.45, 2.75) is 98.2 Å². The maximum atomic E-state index is 14.2. The van der Waals surface area contributed by atoms with Crippen molar-refractivity contribution in [3.05, 3.63) is 132 Å². The molecule has 0 bridgehead atoms. The Balaban J connectivity index is 1.09. The van der Waals surface area contributed by atoms with Gasteiger partial charge >= 0.3 is 69.7 Å². The quantitative estimate of drug-likeness (QED) is 0.0260. The van der Waals surface area contributed by atoms with E-state index < -0.39 is 217 Å². The highest BCUT2D eigenvalue weighted by atomic mass is 31.2. The summed E-state index contributed by atoms with van der Waals surface area (Å²) >= 11 is 0. The number of hydrogen-bond acceptors (Lipinski definition) is 30. The van der Waals surface area contributed by atoms with Gasteiger partial charge in [-0.05, 0) is 0 Å². The molecule has 0 amide bonds. The molecule has 89 heavy (non-hydrogen) atoms. The Morgan fingerprint density at radius 2 is 0.629 bits per heavy atom. The summed E-state index contributed by atoms with van der Waals surface area (Å²) in [6.07, 6.45) is -34.2. The number of rotatable bonds is 26. The number of phosphoric acid groups is 6. The number of aliphatic hydroxyl groups is 3. The lowest BCUT2D eigenvalue weighted by Crippen LogP contribution is -2.41. The van der Waals surface area contributed by atoms with Gasteiger partial charge in [-0.15, -0.1) is 0 Å². The highest BCUT2D eigenvalue weighted by Crippen LogP contribution is 2.57. The minimum absolute atomic E-state index is 0.304. The van der Waals surface area contributed by atoms with Crippen LogP contribution < -0.4 is 45.0 Å². The van der Waals surface area contributed by atoms with Gasteiger partial charge in [-0.2, -0.15) is 0 Å². The second-order valence-electron chi connectivity index (χ2n) is 18.7. The molecule has 0 saturated carbocycles. The zero-order valence-corrected chi connectivity index (χ0v) is 48.9. The van der Waals surface area contributed by atoms with Gasteiger partial charge in [-0.1, -0.05) is 0 Å². The fourth-order valence-corrected chi connectivity index (χ4v) is 13.6. The van der Waals surface area contributed by atoms with Crippen molar-refractivity contribution >= 4 is 46.9 Å². The maximum absolute atomic E-state index is 14.2. The van der Waals surface area contributed by atoms with Gasteiger partial charge in [0.25, 0.3) is 22.2 Å². The van der Waals surface area contributed by atoms with Gasteiger partial charge < -0.3 is 78.3 Å². The molecule has 19 atom stereocenters. The van der Waals surface area contributed by atoms with Gasteiger partial charge in [0, 0.05) is 49.1 Å². The molecule has 4 saturated heterocycles. The summed E-state index contributed by atoms with van der Waals surface area (Å²) in [7, 11) is -35.9. The first-order valence-electron chi connectivity index (χ1n) is 24.3. The Labute approximate surface area is 487 Å². The summed E-state index contributed by atoms with van der Waals surface area (Å²) in [6.45, 7) is -5.87. The van der Waals surface area contributed by atoms with E-state index in [-0.39, 0.29) is 0 Å². The number of nitrogens with zero attached hydrogens (tertiary/aromatic N) is 4. The average molecular weight is 1400 g/mol. The third-order valence-corrected chi connectivity index (χ3v) is 17.1. The molecule has 16 N–H and O–H groups in total. The number of H-pyrrole nitrogens is 4. The van der Waals surface area contributed by atoms with Crippen LogP contribution in [0.3, 0.4) is 0 Å². The van der Waals surface area contributed by atoms with E-state index in [4.69, 9.17) is 59.7 Å². The number of aliphatic hydroxyl groups excluding tert-OH is 3. The highest BCUT2D eigenvalue weighted by molar-refractivity contribution is 7.48. The van der Waals surface area contributed by atoms with Crippen LogP contribution in [0.5, 0.6) is 0 Å². The lowest BCUT2D eigenvalue weighted by Gasteiger charge is -2.28. The molecule has 4 fully saturated rings. The standard InChI is InChI=1S/C36H48N8O39P6/c45-9-13-23(26(78-84(56,57)58)30(74-13)42-6-2-18(47)38-34(42)53)81-88(67,68)72-11-15-25(28(80-86(62,63)64)32(76-15)44-8-4-20(49)40-36(44)55)83-89(69,70)73-12-16-24(27(79-85(59,60)61)31(77-16)43-7-3-19(48)39-35(43)54)82-87(65,66)71-10-14-21(50)22(51)29(75-14)41-5-1-17(46)37-33(41)52/h1-8,13-16,21-32,45,50-51H,9-12H2,(H,65,66)(H,67,68)(H,69,70)(H,37,46,52)(H,38,47,53)(H,39,48,54)(H,40,49,55)(H2,56,57,58)(H2,59,60,61)(H2,62,63,64)/t13-,14-,15-,16-,21-,22-,23-,24-,25-,26-,27-,28-,29-,30-,31-,32-/m1/s1. The molecule has 8 heterocycles. The van der Waals surface area contributed by atoms with Gasteiger partial charge in [-0.3, -0.25) is 98.1 Å². The second kappa shape index (κ2) is 27.0. The van der Waals surface area contributed by atoms with Gasteiger partial charge in [0.05, 0.1) is 26.4 Å². The third kappa shape index (κ3) is 17.4. The molecule has 0 aliphatic carbocycles. The number of aromatic nitrogens is 8. The first-order chi connectivity index (χ1) is 41.2. The first-order valence-corrected chi connectivity index (χ1v) is 33.3. The molecule has 0 aromatic carbocycles. The molecule has 4 aromatic heterocycles. The monoisotopic (exact) mass is 1400 g/mol. The number of nitrogens with one attached hydrogen (secondary N) is 4. The van der Waals surface area contributed by atoms with E-state index in [2.05, 4.69) is 0 Å². The van der Waals surface area contributed by atoms with Crippen LogP contribution in [-0.4, -0.2) is 197 Å². The second-order valence-corrected chi connectivity index (χ2v) is 26.5. The molecule has 8 rings (SSSR count). The van der Waals surface area contributed by atoms with Crippen LogP contribution in [0, 0.1) is 0 Å². The molecule has 4 aliphatic rings. The lowest BCUT2D eigenvalue weighted by molar-refractivity contribution is -0.0657. The zero-order valence-electron chi connectivity index (χ0n) is 43.5. The number of aromatic amines is 4. The molecule has 3 unspecified atom stereocenters. The minimum Gasteiger partial charge on any atom is -0.394 e. The molecular weight excluding hydrogens is 1350 g/mol. The van der Waals surface area contributed by atoms with Crippen LogP contribution in [0.15, 0.2) is 87.4 Å². The summed E-state index contributed by atoms with van der Waals surface area (Å²) in [6, 6.07) is 2.77. The van der Waals surface area contributed by atoms with E-state index in [1.807, 2.05) is 4.98 Å². The molecule has 0 radical (unpaired) electrons. The fourth-order valence-electron chi connectivity index (χ4n) is 9.07. The number of phosphoric ester groups is 6. The van der Waals surface area contributed by atoms with Gasteiger partial charge in [0.15, 0.2) is 24.9 Å². The van der Waals surface area contributed by atoms with Crippen molar-refractivity contribution < 1.29 is 146 Å². The summed E-state index contributed by atoms with van der Waals surface area (Å²) in [5.74, 6) is 0. The van der Waals surface area contributed by atoms with Crippen LogP contribution in [0.1, 0.15) is 24.9 Å². The molecule has 4 aromatic rings. The van der Waals surface area contributed by atoms with Crippen molar-refractivity contribution in [3.8, 4) is 0 Å². The average Bonchev–Trinajstić information content (AvgIpc) is 1.68. The van der Waals surface area contributed by atoms with Crippen LogP contribution in [0.25, 0.3) is 0 Å². The zero-order chi connectivity index (χ0) is 65.7. The predicted octanol–water partition coefficient (Wildman–Crippen LogP) is -7.57. The number of ether oxygens (including phenoxy) is 4. The van der Waals surface area contributed by atoms with Crippen molar-refractivity contribution in [1.29, 1.82) is 0 Å². The summed E-state index contributed by atoms with van der Waals surface area (Å²) in [4.78, 5) is 199. The van der Waals surface area contributed by atoms with Gasteiger partial charge in [0.1, 0.15) is 73.2 Å². The molecule has 0 spiro atoms. The van der Waals surface area contributed by atoms with Crippen LogP contribution in [0.2, 0.25) is 0 Å². The summed E-state index contributed by atoms with van der Waals surface area (Å²) in [5.41, 5.74) is -9.53. The first kappa shape index (κ1) is 70.0. The Morgan fingerprint density at radius 3 is 0.910 bits per heavy atom. The van der Waals surface area contributed by atoms with Crippen LogP contribution >= 0.6 is 46.9 Å². The van der Waals surface area contributed by atoms with E-state index in [1.165, 1.54) is 0 Å². The largest absolute Gasteiger partial charge is 0.472 e. The third-order valence-electron chi connectivity index (χ3n) is 12.6. The van der Waals surface area contributed by atoms with Gasteiger partial charge in [-0.25, -0.2) is 46.6 Å². The predicted molar refractivity (Wildman–Crippen MR) is 273 cm³/mol. The van der Waals surface area contributed by atoms with Crippen LogP contribution in [0.4, 0.5) is 0 Å². The lowest BCUT2D eigenvalue weighted by atomic mass is 10.1. The highest BCUT2D eigenvalue weighted by Gasteiger charge is 2.58. The molecule has 496 valence electrons. The Bertz CT molecular complexity index is 4050. The molecule has 47 nitrogen and oxygen atoms in total. The number of hydrogen-bond donors (Lipinski definition) is 16. The summed E-state index contributed by atoms with van der Waals surface area (Å²) in [5, 5.41) is 31.5. The molecule has 53 heteroatoms. The van der Waals surface area contributed by atoms with Crippen molar-refractivity contribution in [2.75, 3.05) is 26.4 Å². The normalized spacial score (nSPS) is 31.3. The maximum Gasteiger partial charge on any atom is 0.472 e. The van der Waals surface area contributed by atoms with E-state index in [1.54, 1.807) is 15.0 Å². The minimum atomic E-state index is -6.25. The summed E-state index contributed by atoms with van der Waals surface area (Å²) < 4.78 is 147. The van der Waals surface area contributed by atoms with Crippen molar-refractivity contribution in [2.24, 2.45) is 0 Å². The van der Waals surface area contributed by atoms with E-state index in [9.17, 15) is 125 Å². The Morgan fingerprint density at radius 1 is 0.371 bits per heavy atom. The van der Waals surface area contributed by atoms with E-state index >= 15 is 0 Å². The van der Waals surface area contributed by atoms with Crippen molar-refractivity contribution in [1.82, 2.24) is 38.2 Å². The molecule has 4 aliphatic heterocycles. The van der Waals surface area contributed by atoms with Gasteiger partial charge in [0.2, 0.25) is 0 Å².